The van der Waals surface area contributed by atoms with E-state index < -0.39 is 28.3 Å². The molecule has 1 aliphatic heterocycles. The summed E-state index contributed by atoms with van der Waals surface area (Å²) >= 11 is 0. The molecule has 0 bridgehead atoms. The molecule has 0 aliphatic carbocycles. The van der Waals surface area contributed by atoms with Crippen molar-refractivity contribution in [3.05, 3.63) is 33.9 Å². The Kier molecular flexibility index (Phi) is 3.66. The molecule has 1 saturated heterocycles. The summed E-state index contributed by atoms with van der Waals surface area (Å²) in [6, 6.07) is 1.47. The van der Waals surface area contributed by atoms with Gasteiger partial charge in [-0.3, -0.25) is 10.1 Å². The standard InChI is InChI=1S/C12H14F2N2O3/c1-7(17)8-2-3-15(6-8)11-5-9(13)4-10(14)12(11)16(18)19/h4-5,7-8,17H,2-3,6H2,1H3. The Morgan fingerprint density at radius 2 is 2.21 bits per heavy atom. The average molecular weight is 272 g/mol. The van der Waals surface area contributed by atoms with Crippen molar-refractivity contribution in [1.82, 2.24) is 0 Å². The van der Waals surface area contributed by atoms with Crippen molar-refractivity contribution in [2.24, 2.45) is 5.92 Å². The zero-order valence-corrected chi connectivity index (χ0v) is 10.3. The van der Waals surface area contributed by atoms with Gasteiger partial charge in [-0.15, -0.1) is 0 Å². The second kappa shape index (κ2) is 5.08. The van der Waals surface area contributed by atoms with Crippen molar-refractivity contribution < 1.29 is 18.8 Å². The maximum atomic E-state index is 13.5. The van der Waals surface area contributed by atoms with Crippen LogP contribution in [0.3, 0.4) is 0 Å². The summed E-state index contributed by atoms with van der Waals surface area (Å²) < 4.78 is 26.8. The monoisotopic (exact) mass is 272 g/mol. The van der Waals surface area contributed by atoms with Gasteiger partial charge in [0.25, 0.3) is 0 Å². The molecule has 0 saturated carbocycles. The van der Waals surface area contributed by atoms with E-state index in [1.807, 2.05) is 0 Å². The highest BCUT2D eigenvalue weighted by Gasteiger charge is 2.32. The number of hydrogen-bond acceptors (Lipinski definition) is 4. The first kappa shape index (κ1) is 13.7. The Bertz CT molecular complexity index is 508. The highest BCUT2D eigenvalue weighted by Crippen LogP contribution is 2.35. The number of benzene rings is 1. The van der Waals surface area contributed by atoms with Crippen molar-refractivity contribution in [1.29, 1.82) is 0 Å². The first-order valence-corrected chi connectivity index (χ1v) is 5.96. The number of anilines is 1. The van der Waals surface area contributed by atoms with E-state index in [4.69, 9.17) is 0 Å². The van der Waals surface area contributed by atoms with Gasteiger partial charge < -0.3 is 10.0 Å². The summed E-state index contributed by atoms with van der Waals surface area (Å²) in [4.78, 5) is 11.6. The van der Waals surface area contributed by atoms with Gasteiger partial charge in [0.1, 0.15) is 11.5 Å². The number of halogens is 2. The molecule has 5 nitrogen and oxygen atoms in total. The Morgan fingerprint density at radius 1 is 1.53 bits per heavy atom. The minimum atomic E-state index is -1.18. The lowest BCUT2D eigenvalue weighted by Crippen LogP contribution is -2.24. The van der Waals surface area contributed by atoms with Gasteiger partial charge >= 0.3 is 5.69 Å². The predicted molar refractivity (Wildman–Crippen MR) is 65.0 cm³/mol. The summed E-state index contributed by atoms with van der Waals surface area (Å²) in [5, 5.41) is 20.4. The lowest BCUT2D eigenvalue weighted by molar-refractivity contribution is -0.386. The van der Waals surface area contributed by atoms with Crippen LogP contribution in [0.5, 0.6) is 0 Å². The largest absolute Gasteiger partial charge is 0.393 e. The molecule has 0 amide bonds. The molecule has 1 heterocycles. The summed E-state index contributed by atoms with van der Waals surface area (Å²) in [7, 11) is 0. The third kappa shape index (κ3) is 2.65. The molecule has 0 spiro atoms. The number of rotatable bonds is 3. The van der Waals surface area contributed by atoms with E-state index in [1.165, 1.54) is 0 Å². The summed E-state index contributed by atoms with van der Waals surface area (Å²) in [6.45, 7) is 2.41. The predicted octanol–water partition coefficient (Wildman–Crippen LogP) is 2.08. The highest BCUT2D eigenvalue weighted by atomic mass is 19.1. The summed E-state index contributed by atoms with van der Waals surface area (Å²) in [6.07, 6.45) is 0.0786. The quantitative estimate of drug-likeness (QED) is 0.675. The molecule has 0 radical (unpaired) electrons. The lowest BCUT2D eigenvalue weighted by Gasteiger charge is -2.19. The maximum Gasteiger partial charge on any atom is 0.328 e. The van der Waals surface area contributed by atoms with Gasteiger partial charge in [0.2, 0.25) is 5.82 Å². The van der Waals surface area contributed by atoms with Gasteiger partial charge in [-0.2, -0.15) is 4.39 Å². The fourth-order valence-corrected chi connectivity index (χ4v) is 2.37. The van der Waals surface area contributed by atoms with Gasteiger partial charge in [-0.1, -0.05) is 0 Å². The molecule has 2 atom stereocenters. The average Bonchev–Trinajstić information content (AvgIpc) is 2.76. The number of nitro groups is 1. The van der Waals surface area contributed by atoms with Gasteiger partial charge in [0, 0.05) is 31.1 Å². The fraction of sp³-hybridized carbons (Fsp3) is 0.500. The third-order valence-electron chi connectivity index (χ3n) is 3.44. The summed E-state index contributed by atoms with van der Waals surface area (Å²) in [5.41, 5.74) is -0.779. The van der Waals surface area contributed by atoms with E-state index in [9.17, 15) is 24.0 Å². The molecule has 7 heteroatoms. The minimum Gasteiger partial charge on any atom is -0.393 e. The van der Waals surface area contributed by atoms with Gasteiger partial charge in [0.15, 0.2) is 0 Å². The van der Waals surface area contributed by atoms with Crippen molar-refractivity contribution >= 4 is 11.4 Å². The van der Waals surface area contributed by atoms with Crippen molar-refractivity contribution in [3.63, 3.8) is 0 Å². The number of nitrogens with zero attached hydrogens (tertiary/aromatic N) is 2. The Hall–Kier alpha value is -1.76. The smallest absolute Gasteiger partial charge is 0.328 e. The molecule has 0 aromatic heterocycles. The van der Waals surface area contributed by atoms with Crippen LogP contribution in [0.25, 0.3) is 0 Å². The molecule has 1 aliphatic rings. The Balaban J connectivity index is 2.37. The lowest BCUT2D eigenvalue weighted by atomic mass is 10.0. The van der Waals surface area contributed by atoms with E-state index in [2.05, 4.69) is 0 Å². The molecule has 1 aromatic rings. The van der Waals surface area contributed by atoms with Crippen molar-refractivity contribution in [3.8, 4) is 0 Å². The van der Waals surface area contributed by atoms with Crippen LogP contribution in [-0.2, 0) is 0 Å². The zero-order chi connectivity index (χ0) is 14.2. The minimum absolute atomic E-state index is 0.0501. The highest BCUT2D eigenvalue weighted by molar-refractivity contribution is 5.64. The fourth-order valence-electron chi connectivity index (χ4n) is 2.37. The van der Waals surface area contributed by atoms with Crippen LogP contribution in [0.15, 0.2) is 12.1 Å². The zero-order valence-electron chi connectivity index (χ0n) is 10.3. The van der Waals surface area contributed by atoms with Crippen LogP contribution < -0.4 is 4.90 Å². The third-order valence-corrected chi connectivity index (χ3v) is 3.44. The maximum absolute atomic E-state index is 13.5. The van der Waals surface area contributed by atoms with E-state index in [0.717, 1.165) is 6.07 Å². The SMILES string of the molecule is CC(O)C1CCN(c2cc(F)cc(F)c2[N+](=O)[O-])C1. The van der Waals surface area contributed by atoms with E-state index in [0.29, 0.717) is 25.6 Å². The van der Waals surface area contributed by atoms with Crippen molar-refractivity contribution in [2.75, 3.05) is 18.0 Å². The molecule has 2 unspecified atom stereocenters. The molecule has 19 heavy (non-hydrogen) atoms. The van der Waals surface area contributed by atoms with Gasteiger partial charge in [-0.25, -0.2) is 4.39 Å². The molecular formula is C12H14F2N2O3. The number of hydrogen-bond donors (Lipinski definition) is 1. The van der Waals surface area contributed by atoms with Crippen LogP contribution in [0, 0.1) is 27.7 Å². The number of aliphatic hydroxyl groups is 1. The normalized spacial score (nSPS) is 20.6. The first-order chi connectivity index (χ1) is 8.90. The second-order valence-corrected chi connectivity index (χ2v) is 4.75. The number of aliphatic hydroxyl groups excluding tert-OH is 1. The van der Waals surface area contributed by atoms with Crippen molar-refractivity contribution in [2.45, 2.75) is 19.4 Å². The molecule has 1 aromatic carbocycles. The van der Waals surface area contributed by atoms with Crippen LogP contribution >= 0.6 is 0 Å². The number of nitro benzene ring substituents is 1. The van der Waals surface area contributed by atoms with Crippen LogP contribution in [-0.4, -0.2) is 29.2 Å². The van der Waals surface area contributed by atoms with E-state index >= 15 is 0 Å². The van der Waals surface area contributed by atoms with Crippen LogP contribution in [0.4, 0.5) is 20.2 Å². The van der Waals surface area contributed by atoms with E-state index in [-0.39, 0.29) is 11.6 Å². The topological polar surface area (TPSA) is 66.6 Å². The van der Waals surface area contributed by atoms with Gasteiger partial charge in [0.05, 0.1) is 11.0 Å². The summed E-state index contributed by atoms with van der Waals surface area (Å²) in [5.74, 6) is -2.08. The second-order valence-electron chi connectivity index (χ2n) is 4.75. The van der Waals surface area contributed by atoms with Crippen LogP contribution in [0.1, 0.15) is 13.3 Å². The van der Waals surface area contributed by atoms with Crippen LogP contribution in [0.2, 0.25) is 0 Å². The van der Waals surface area contributed by atoms with Gasteiger partial charge in [-0.05, 0) is 13.3 Å². The molecule has 1 fully saturated rings. The molecular weight excluding hydrogens is 258 g/mol. The molecule has 2 rings (SSSR count). The van der Waals surface area contributed by atoms with E-state index in [1.54, 1.807) is 11.8 Å². The Labute approximate surface area is 108 Å². The Morgan fingerprint density at radius 3 is 2.74 bits per heavy atom. The first-order valence-electron chi connectivity index (χ1n) is 5.96. The molecule has 1 N–H and O–H groups in total. The molecule has 104 valence electrons.